The minimum Gasteiger partial charge on any atom is -0.354 e. The van der Waals surface area contributed by atoms with E-state index in [1.54, 1.807) is 43.3 Å². The van der Waals surface area contributed by atoms with Crippen molar-refractivity contribution in [3.05, 3.63) is 64.7 Å². The molecule has 0 spiro atoms. The van der Waals surface area contributed by atoms with Crippen molar-refractivity contribution >= 4 is 33.4 Å². The van der Waals surface area contributed by atoms with Crippen molar-refractivity contribution in [2.24, 2.45) is 0 Å². The second-order valence-corrected chi connectivity index (χ2v) is 10.2. The molecular weight excluding hydrogens is 450 g/mol. The molecule has 2 aromatic rings. The largest absolute Gasteiger partial charge is 0.354 e. The molecule has 1 N–H and O–H groups in total. The number of nitrogens with one attached hydrogen (secondary N) is 1. The Balaban J connectivity index is 2.25. The van der Waals surface area contributed by atoms with Gasteiger partial charge in [0.25, 0.3) is 0 Å². The summed E-state index contributed by atoms with van der Waals surface area (Å²) in [5, 5.41) is 3.30. The van der Waals surface area contributed by atoms with Crippen LogP contribution in [0.4, 0.5) is 0 Å². The molecule has 7 nitrogen and oxygen atoms in total. The topological polar surface area (TPSA) is 86.8 Å². The van der Waals surface area contributed by atoms with Gasteiger partial charge in [-0.25, -0.2) is 8.42 Å². The van der Waals surface area contributed by atoms with Crippen molar-refractivity contribution in [1.82, 2.24) is 14.5 Å². The Hall–Kier alpha value is -2.42. The van der Waals surface area contributed by atoms with Crippen LogP contribution in [0, 0.1) is 6.92 Å². The van der Waals surface area contributed by atoms with Gasteiger partial charge in [-0.1, -0.05) is 48.4 Å². The number of carbonyl (C=O) groups excluding carboxylic acids is 2. The molecule has 9 heteroatoms. The van der Waals surface area contributed by atoms with E-state index in [0.29, 0.717) is 11.6 Å². The lowest BCUT2D eigenvalue weighted by Crippen LogP contribution is -2.50. The summed E-state index contributed by atoms with van der Waals surface area (Å²) in [6.07, 6.45) is 0.762. The zero-order valence-corrected chi connectivity index (χ0v) is 20.4. The molecule has 2 amide bonds. The molecule has 0 radical (unpaired) electrons. The fraction of sp³-hybridized carbons (Fsp3) is 0.391. The van der Waals surface area contributed by atoms with Gasteiger partial charge in [-0.05, 0) is 50.1 Å². The number of hydrogen-bond donors (Lipinski definition) is 1. The van der Waals surface area contributed by atoms with Crippen molar-refractivity contribution < 1.29 is 18.0 Å². The van der Waals surface area contributed by atoms with E-state index in [1.165, 1.54) is 24.1 Å². The number of rotatable bonds is 10. The highest BCUT2D eigenvalue weighted by Crippen LogP contribution is 2.18. The molecule has 0 aliphatic heterocycles. The quantitative estimate of drug-likeness (QED) is 0.566. The van der Waals surface area contributed by atoms with E-state index in [9.17, 15) is 18.0 Å². The van der Waals surface area contributed by atoms with Crippen LogP contribution in [0.25, 0.3) is 0 Å². The fourth-order valence-electron chi connectivity index (χ4n) is 3.07. The summed E-state index contributed by atoms with van der Waals surface area (Å²) >= 11 is 6.07. The van der Waals surface area contributed by atoms with Gasteiger partial charge in [0, 0.05) is 25.2 Å². The molecule has 0 aliphatic carbocycles. The number of hydrogen-bond acceptors (Lipinski definition) is 4. The Bertz CT molecular complexity index is 1040. The van der Waals surface area contributed by atoms with Crippen molar-refractivity contribution in [1.29, 1.82) is 0 Å². The number of likely N-dealkylation sites (N-methyl/N-ethyl adjacent to an activating group) is 1. The van der Waals surface area contributed by atoms with Crippen LogP contribution in [-0.2, 0) is 26.2 Å². The van der Waals surface area contributed by atoms with E-state index in [1.807, 2.05) is 13.8 Å². The second kappa shape index (κ2) is 11.4. The summed E-state index contributed by atoms with van der Waals surface area (Å²) in [4.78, 5) is 27.3. The molecule has 174 valence electrons. The van der Waals surface area contributed by atoms with Gasteiger partial charge in [0.1, 0.15) is 6.04 Å². The van der Waals surface area contributed by atoms with Crippen LogP contribution in [0.5, 0.6) is 0 Å². The Kier molecular flexibility index (Phi) is 9.24. The van der Waals surface area contributed by atoms with Crippen molar-refractivity contribution in [2.75, 3.05) is 20.1 Å². The number of halogens is 1. The second-order valence-electron chi connectivity index (χ2n) is 7.69. The van der Waals surface area contributed by atoms with E-state index in [0.717, 1.165) is 21.9 Å². The van der Waals surface area contributed by atoms with Crippen LogP contribution >= 0.6 is 11.6 Å². The standard InChI is InChI=1S/C23H30ClN3O4S/c1-5-13-25-23(29)18(3)27(15-19-7-6-8-20(24)14-19)22(28)16-26(4)32(30,31)21-11-9-17(2)10-12-21/h6-12,14,18H,5,13,15-16H2,1-4H3,(H,25,29)/t18-/m0/s1. The number of carbonyl (C=O) groups is 2. The van der Waals surface area contributed by atoms with Crippen LogP contribution in [0.3, 0.4) is 0 Å². The van der Waals surface area contributed by atoms with Crippen molar-refractivity contribution in [2.45, 2.75) is 44.7 Å². The highest BCUT2D eigenvalue weighted by Gasteiger charge is 2.30. The van der Waals surface area contributed by atoms with Gasteiger partial charge in [-0.3, -0.25) is 9.59 Å². The van der Waals surface area contributed by atoms with E-state index in [-0.39, 0.29) is 17.3 Å². The maximum Gasteiger partial charge on any atom is 0.243 e. The number of nitrogens with zero attached hydrogens (tertiary/aromatic N) is 2. The predicted molar refractivity (Wildman–Crippen MR) is 126 cm³/mol. The Morgan fingerprint density at radius 2 is 1.78 bits per heavy atom. The third kappa shape index (κ3) is 6.79. The maximum absolute atomic E-state index is 13.2. The summed E-state index contributed by atoms with van der Waals surface area (Å²) < 4.78 is 26.8. The van der Waals surface area contributed by atoms with Gasteiger partial charge >= 0.3 is 0 Å². The number of aryl methyl sites for hydroxylation is 1. The van der Waals surface area contributed by atoms with Crippen LogP contribution in [0.2, 0.25) is 5.02 Å². The molecule has 2 rings (SSSR count). The molecule has 0 aliphatic rings. The average Bonchev–Trinajstić information content (AvgIpc) is 2.75. The molecule has 0 aromatic heterocycles. The molecular formula is C23H30ClN3O4S. The zero-order chi connectivity index (χ0) is 23.9. The number of amides is 2. The summed E-state index contributed by atoms with van der Waals surface area (Å²) in [7, 11) is -2.51. The van der Waals surface area contributed by atoms with Crippen molar-refractivity contribution in [3.63, 3.8) is 0 Å². The van der Waals surface area contributed by atoms with Crippen molar-refractivity contribution in [3.8, 4) is 0 Å². The minimum absolute atomic E-state index is 0.105. The van der Waals surface area contributed by atoms with Gasteiger partial charge in [-0.15, -0.1) is 0 Å². The Labute approximate surface area is 195 Å². The minimum atomic E-state index is -3.86. The first-order chi connectivity index (χ1) is 15.1. The summed E-state index contributed by atoms with van der Waals surface area (Å²) in [6, 6.07) is 12.6. The lowest BCUT2D eigenvalue weighted by Gasteiger charge is -2.30. The first-order valence-electron chi connectivity index (χ1n) is 10.4. The lowest BCUT2D eigenvalue weighted by atomic mass is 10.1. The number of benzene rings is 2. The van der Waals surface area contributed by atoms with E-state index < -0.39 is 28.5 Å². The average molecular weight is 480 g/mol. The Morgan fingerprint density at radius 1 is 1.12 bits per heavy atom. The zero-order valence-electron chi connectivity index (χ0n) is 18.8. The SMILES string of the molecule is CCCNC(=O)[C@H](C)N(Cc1cccc(Cl)c1)C(=O)CN(C)S(=O)(=O)c1ccc(C)cc1. The molecule has 0 saturated heterocycles. The van der Waals surface area contributed by atoms with Crippen LogP contribution in [-0.4, -0.2) is 55.6 Å². The molecule has 0 heterocycles. The van der Waals surface area contributed by atoms with Gasteiger partial charge in [-0.2, -0.15) is 4.31 Å². The smallest absolute Gasteiger partial charge is 0.243 e. The van der Waals surface area contributed by atoms with E-state index in [4.69, 9.17) is 11.6 Å². The molecule has 2 aromatic carbocycles. The fourth-order valence-corrected chi connectivity index (χ4v) is 4.40. The summed E-state index contributed by atoms with van der Waals surface area (Å²) in [5.74, 6) is -0.784. The molecule has 0 fully saturated rings. The van der Waals surface area contributed by atoms with E-state index >= 15 is 0 Å². The third-order valence-electron chi connectivity index (χ3n) is 5.05. The number of sulfonamides is 1. The molecule has 32 heavy (non-hydrogen) atoms. The molecule has 1 atom stereocenters. The molecule has 0 saturated carbocycles. The van der Waals surface area contributed by atoms with E-state index in [2.05, 4.69) is 5.32 Å². The summed E-state index contributed by atoms with van der Waals surface area (Å²) in [5.41, 5.74) is 1.67. The van der Waals surface area contributed by atoms with Gasteiger partial charge in [0.15, 0.2) is 0 Å². The van der Waals surface area contributed by atoms with Gasteiger partial charge < -0.3 is 10.2 Å². The lowest BCUT2D eigenvalue weighted by molar-refractivity contribution is -0.140. The Morgan fingerprint density at radius 3 is 2.38 bits per heavy atom. The van der Waals surface area contributed by atoms with Gasteiger partial charge in [0.05, 0.1) is 11.4 Å². The third-order valence-corrected chi connectivity index (χ3v) is 7.10. The highest BCUT2D eigenvalue weighted by atomic mass is 35.5. The predicted octanol–water partition coefficient (Wildman–Crippen LogP) is 3.21. The van der Waals surface area contributed by atoms with Crippen LogP contribution in [0.15, 0.2) is 53.4 Å². The van der Waals surface area contributed by atoms with Gasteiger partial charge in [0.2, 0.25) is 21.8 Å². The molecule has 0 unspecified atom stereocenters. The van der Waals surface area contributed by atoms with Crippen LogP contribution < -0.4 is 5.32 Å². The first-order valence-corrected chi connectivity index (χ1v) is 12.2. The molecule has 0 bridgehead atoms. The van der Waals surface area contributed by atoms with Crippen LogP contribution in [0.1, 0.15) is 31.4 Å². The summed E-state index contributed by atoms with van der Waals surface area (Å²) in [6.45, 7) is 5.64. The first kappa shape index (κ1) is 25.8. The monoisotopic (exact) mass is 479 g/mol. The normalized spacial score (nSPS) is 12.4. The highest BCUT2D eigenvalue weighted by molar-refractivity contribution is 7.89. The maximum atomic E-state index is 13.2.